The molecule has 1 rings (SSSR count). The first-order valence-electron chi connectivity index (χ1n) is 6.09. The van der Waals surface area contributed by atoms with Gasteiger partial charge < -0.3 is 4.74 Å². The smallest absolute Gasteiger partial charge is 0.307 e. The molecule has 0 aliphatic carbocycles. The van der Waals surface area contributed by atoms with Crippen LogP contribution in [-0.4, -0.2) is 27.5 Å². The predicted octanol–water partition coefficient (Wildman–Crippen LogP) is 1.53. The van der Waals surface area contributed by atoms with E-state index in [1.165, 1.54) is 0 Å². The number of esters is 1. The van der Waals surface area contributed by atoms with Gasteiger partial charge in [-0.1, -0.05) is 17.7 Å². The lowest BCUT2D eigenvalue weighted by molar-refractivity contribution is -0.142. The van der Waals surface area contributed by atoms with Crippen LogP contribution in [0.5, 0.6) is 0 Å². The van der Waals surface area contributed by atoms with Crippen LogP contribution < -0.4 is 4.72 Å². The van der Waals surface area contributed by atoms with E-state index in [9.17, 15) is 13.2 Å². The number of ether oxygens (including phenoxy) is 1. The second-order valence-corrected chi connectivity index (χ2v) is 5.96. The van der Waals surface area contributed by atoms with Crippen LogP contribution in [0.3, 0.4) is 0 Å². The fraction of sp³-hybridized carbons (Fsp3) is 0.462. The number of rotatable bonds is 6. The lowest BCUT2D eigenvalue weighted by atomic mass is 10.2. The maximum atomic E-state index is 12.0. The molecule has 0 unspecified atom stereocenters. The quantitative estimate of drug-likeness (QED) is 0.805. The van der Waals surface area contributed by atoms with Crippen LogP contribution in [0.4, 0.5) is 0 Å². The Morgan fingerprint density at radius 2 is 2.00 bits per heavy atom. The van der Waals surface area contributed by atoms with Crippen LogP contribution in [0, 0.1) is 13.8 Å². The van der Waals surface area contributed by atoms with Gasteiger partial charge >= 0.3 is 5.97 Å². The van der Waals surface area contributed by atoms with Gasteiger partial charge in [-0.25, -0.2) is 13.1 Å². The second kappa shape index (κ2) is 6.68. The average Bonchev–Trinajstić information content (AvgIpc) is 2.28. The van der Waals surface area contributed by atoms with Crippen molar-refractivity contribution in [2.24, 2.45) is 0 Å². The van der Waals surface area contributed by atoms with Crippen molar-refractivity contribution in [3.05, 3.63) is 29.3 Å². The SMILES string of the molecule is CCOC(=O)CCNS(=O)(=O)c1ccc(C)cc1C. The molecule has 1 aromatic carbocycles. The van der Waals surface area contributed by atoms with Gasteiger partial charge in [-0.3, -0.25) is 4.79 Å². The van der Waals surface area contributed by atoms with E-state index in [4.69, 9.17) is 4.74 Å². The third kappa shape index (κ3) is 4.65. The predicted molar refractivity (Wildman–Crippen MR) is 72.4 cm³/mol. The summed E-state index contributed by atoms with van der Waals surface area (Å²) in [6.45, 7) is 5.68. The van der Waals surface area contributed by atoms with Gasteiger partial charge in [0.15, 0.2) is 0 Å². The van der Waals surface area contributed by atoms with E-state index < -0.39 is 16.0 Å². The Kier molecular flexibility index (Phi) is 5.50. The molecular formula is C13H19NO4S. The Balaban J connectivity index is 2.68. The van der Waals surface area contributed by atoms with Crippen molar-refractivity contribution in [3.63, 3.8) is 0 Å². The van der Waals surface area contributed by atoms with E-state index in [-0.39, 0.29) is 17.9 Å². The molecule has 0 aliphatic rings. The lowest BCUT2D eigenvalue weighted by Crippen LogP contribution is -2.27. The first-order chi connectivity index (χ1) is 8.86. The number of hydrogen-bond acceptors (Lipinski definition) is 4. The highest BCUT2D eigenvalue weighted by Gasteiger charge is 2.16. The summed E-state index contributed by atoms with van der Waals surface area (Å²) < 4.78 is 31.2. The molecule has 0 atom stereocenters. The van der Waals surface area contributed by atoms with Crippen LogP contribution in [0.25, 0.3) is 0 Å². The summed E-state index contributed by atoms with van der Waals surface area (Å²) in [6.07, 6.45) is 0.0258. The van der Waals surface area contributed by atoms with Gasteiger partial charge in [0.2, 0.25) is 10.0 Å². The maximum absolute atomic E-state index is 12.0. The highest BCUT2D eigenvalue weighted by Crippen LogP contribution is 2.16. The molecule has 0 saturated heterocycles. The molecule has 0 spiro atoms. The van der Waals surface area contributed by atoms with Crippen molar-refractivity contribution in [3.8, 4) is 0 Å². The molecule has 0 bridgehead atoms. The van der Waals surface area contributed by atoms with E-state index in [1.54, 1.807) is 32.0 Å². The molecule has 1 N–H and O–H groups in total. The van der Waals surface area contributed by atoms with E-state index >= 15 is 0 Å². The van der Waals surface area contributed by atoms with Crippen LogP contribution >= 0.6 is 0 Å². The number of nitrogens with one attached hydrogen (secondary N) is 1. The monoisotopic (exact) mass is 285 g/mol. The van der Waals surface area contributed by atoms with Crippen LogP contribution in [0.2, 0.25) is 0 Å². The number of carbonyl (C=O) groups excluding carboxylic acids is 1. The molecule has 0 heterocycles. The van der Waals surface area contributed by atoms with Crippen molar-refractivity contribution in [1.29, 1.82) is 0 Å². The molecule has 5 nitrogen and oxygen atoms in total. The Hall–Kier alpha value is -1.40. The first kappa shape index (κ1) is 15.7. The van der Waals surface area contributed by atoms with Gasteiger partial charge in [0.05, 0.1) is 17.9 Å². The topological polar surface area (TPSA) is 72.5 Å². The summed E-state index contributed by atoms with van der Waals surface area (Å²) in [5.41, 5.74) is 1.69. The number of hydrogen-bond donors (Lipinski definition) is 1. The van der Waals surface area contributed by atoms with E-state index in [1.807, 2.05) is 6.92 Å². The fourth-order valence-electron chi connectivity index (χ4n) is 1.70. The van der Waals surface area contributed by atoms with E-state index in [0.29, 0.717) is 12.2 Å². The normalized spacial score (nSPS) is 11.3. The lowest BCUT2D eigenvalue weighted by Gasteiger charge is -2.09. The number of carbonyl (C=O) groups is 1. The highest BCUT2D eigenvalue weighted by molar-refractivity contribution is 7.89. The standard InChI is InChI=1S/C13H19NO4S/c1-4-18-13(15)7-8-14-19(16,17)12-6-5-10(2)9-11(12)3/h5-6,9,14H,4,7-8H2,1-3H3. The van der Waals surface area contributed by atoms with Crippen LogP contribution in [0.1, 0.15) is 24.5 Å². The summed E-state index contributed by atoms with van der Waals surface area (Å²) in [4.78, 5) is 11.4. The van der Waals surface area contributed by atoms with Gasteiger partial charge in [-0.15, -0.1) is 0 Å². The summed E-state index contributed by atoms with van der Waals surface area (Å²) in [6, 6.07) is 5.12. The maximum Gasteiger partial charge on any atom is 0.307 e. The minimum absolute atomic E-state index is 0.0258. The van der Waals surface area contributed by atoms with Gasteiger partial charge in [0.25, 0.3) is 0 Å². The van der Waals surface area contributed by atoms with Crippen LogP contribution in [0.15, 0.2) is 23.1 Å². The van der Waals surface area contributed by atoms with Gasteiger partial charge in [0.1, 0.15) is 0 Å². The largest absolute Gasteiger partial charge is 0.466 e. The molecule has 6 heteroatoms. The van der Waals surface area contributed by atoms with E-state index in [2.05, 4.69) is 4.72 Å². The molecule has 106 valence electrons. The summed E-state index contributed by atoms with van der Waals surface area (Å²) in [5.74, 6) is -0.411. The zero-order valence-electron chi connectivity index (χ0n) is 11.4. The number of aryl methyl sites for hydroxylation is 2. The molecule has 0 saturated carbocycles. The molecule has 0 aromatic heterocycles. The van der Waals surface area contributed by atoms with Crippen molar-refractivity contribution in [2.45, 2.75) is 32.1 Å². The van der Waals surface area contributed by atoms with Gasteiger partial charge in [0, 0.05) is 6.54 Å². The average molecular weight is 285 g/mol. The van der Waals surface area contributed by atoms with Crippen molar-refractivity contribution >= 4 is 16.0 Å². The summed E-state index contributed by atoms with van der Waals surface area (Å²) in [5, 5.41) is 0. The van der Waals surface area contributed by atoms with Crippen molar-refractivity contribution in [2.75, 3.05) is 13.2 Å². The zero-order valence-corrected chi connectivity index (χ0v) is 12.2. The Morgan fingerprint density at radius 3 is 2.58 bits per heavy atom. The molecule has 0 fully saturated rings. The minimum atomic E-state index is -3.58. The van der Waals surface area contributed by atoms with E-state index in [0.717, 1.165) is 5.56 Å². The molecule has 0 radical (unpaired) electrons. The Bertz CT molecular complexity index is 552. The minimum Gasteiger partial charge on any atom is -0.466 e. The first-order valence-corrected chi connectivity index (χ1v) is 7.57. The summed E-state index contributed by atoms with van der Waals surface area (Å²) >= 11 is 0. The third-order valence-corrected chi connectivity index (χ3v) is 4.17. The van der Waals surface area contributed by atoms with Gasteiger partial charge in [-0.05, 0) is 32.4 Å². The number of sulfonamides is 1. The Labute approximate surface area is 114 Å². The second-order valence-electron chi connectivity index (χ2n) is 4.22. The third-order valence-electron chi connectivity index (χ3n) is 2.55. The molecular weight excluding hydrogens is 266 g/mol. The van der Waals surface area contributed by atoms with Crippen molar-refractivity contribution in [1.82, 2.24) is 4.72 Å². The van der Waals surface area contributed by atoms with Crippen LogP contribution in [-0.2, 0) is 19.6 Å². The molecule has 0 amide bonds. The van der Waals surface area contributed by atoms with Gasteiger partial charge in [-0.2, -0.15) is 0 Å². The highest BCUT2D eigenvalue weighted by atomic mass is 32.2. The number of benzene rings is 1. The molecule has 19 heavy (non-hydrogen) atoms. The Morgan fingerprint density at radius 1 is 1.32 bits per heavy atom. The molecule has 0 aliphatic heterocycles. The fourth-order valence-corrected chi connectivity index (χ4v) is 2.96. The molecule has 1 aromatic rings. The van der Waals surface area contributed by atoms with Crippen molar-refractivity contribution < 1.29 is 17.9 Å². The zero-order chi connectivity index (χ0) is 14.5. The summed E-state index contributed by atoms with van der Waals surface area (Å²) in [7, 11) is -3.58.